The van der Waals surface area contributed by atoms with Gasteiger partial charge < -0.3 is 10.1 Å². The first-order valence-electron chi connectivity index (χ1n) is 8.04. The van der Waals surface area contributed by atoms with E-state index in [2.05, 4.69) is 23.5 Å². The standard InChI is InChI=1S/C18H20N2O3S/c1-23-15-5-7-16(8-6-15)24(21,22)20-11-10-18-9-3-2-4-17(18)19-12-14(18)13-20/h2-8,12,19H,9-11,13H2,1H3/t18-/m1/s1. The number of allylic oxidation sites excluding steroid dienone is 4. The maximum Gasteiger partial charge on any atom is 0.243 e. The number of benzene rings is 1. The van der Waals surface area contributed by atoms with Gasteiger partial charge in [0.25, 0.3) is 0 Å². The minimum absolute atomic E-state index is 0.0271. The number of sulfonamides is 1. The topological polar surface area (TPSA) is 58.6 Å². The number of rotatable bonds is 3. The van der Waals surface area contributed by atoms with Crippen LogP contribution >= 0.6 is 0 Å². The van der Waals surface area contributed by atoms with Crippen LogP contribution in [0, 0.1) is 5.41 Å². The summed E-state index contributed by atoms with van der Waals surface area (Å²) in [6, 6.07) is 6.58. The molecule has 0 unspecified atom stereocenters. The lowest BCUT2D eigenvalue weighted by Gasteiger charge is -2.41. The van der Waals surface area contributed by atoms with Crippen molar-refractivity contribution in [1.29, 1.82) is 0 Å². The highest BCUT2D eigenvalue weighted by Gasteiger charge is 2.47. The molecule has 1 saturated heterocycles. The van der Waals surface area contributed by atoms with Crippen LogP contribution in [-0.2, 0) is 10.0 Å². The Morgan fingerprint density at radius 2 is 2.04 bits per heavy atom. The molecule has 1 spiro atoms. The van der Waals surface area contributed by atoms with Gasteiger partial charge in [0.05, 0.1) is 12.0 Å². The average Bonchev–Trinajstić information content (AvgIpc) is 3.00. The smallest absolute Gasteiger partial charge is 0.243 e. The monoisotopic (exact) mass is 344 g/mol. The number of piperidine rings is 1. The number of nitrogens with one attached hydrogen (secondary N) is 1. The summed E-state index contributed by atoms with van der Waals surface area (Å²) in [4.78, 5) is 0.310. The molecular weight excluding hydrogens is 324 g/mol. The van der Waals surface area contributed by atoms with Gasteiger partial charge in [-0.25, -0.2) is 8.42 Å². The van der Waals surface area contributed by atoms with E-state index in [1.807, 2.05) is 6.20 Å². The summed E-state index contributed by atoms with van der Waals surface area (Å²) >= 11 is 0. The van der Waals surface area contributed by atoms with Gasteiger partial charge in [-0.15, -0.1) is 0 Å². The van der Waals surface area contributed by atoms with Crippen LogP contribution in [0.4, 0.5) is 0 Å². The van der Waals surface area contributed by atoms with E-state index in [1.165, 1.54) is 5.70 Å². The van der Waals surface area contributed by atoms with Gasteiger partial charge in [-0.05, 0) is 48.8 Å². The van der Waals surface area contributed by atoms with E-state index in [4.69, 9.17) is 4.74 Å². The summed E-state index contributed by atoms with van der Waals surface area (Å²) in [5, 5.41) is 3.33. The van der Waals surface area contributed by atoms with Crippen LogP contribution in [0.25, 0.3) is 0 Å². The lowest BCUT2D eigenvalue weighted by molar-refractivity contribution is 0.273. The van der Waals surface area contributed by atoms with Crippen molar-refractivity contribution in [2.24, 2.45) is 5.41 Å². The first-order chi connectivity index (χ1) is 11.6. The summed E-state index contributed by atoms with van der Waals surface area (Å²) < 4.78 is 32.6. The zero-order chi connectivity index (χ0) is 16.8. The van der Waals surface area contributed by atoms with Crippen LogP contribution in [0.5, 0.6) is 5.75 Å². The molecule has 0 amide bonds. The summed E-state index contributed by atoms with van der Waals surface area (Å²) in [5.41, 5.74) is 2.32. The molecule has 0 aromatic heterocycles. The van der Waals surface area contributed by atoms with E-state index >= 15 is 0 Å². The van der Waals surface area contributed by atoms with Gasteiger partial charge in [0.1, 0.15) is 5.75 Å². The van der Waals surface area contributed by atoms with Crippen molar-refractivity contribution >= 4 is 10.0 Å². The molecule has 1 atom stereocenters. The molecule has 2 heterocycles. The van der Waals surface area contributed by atoms with Crippen molar-refractivity contribution in [3.05, 3.63) is 60.0 Å². The molecule has 5 nitrogen and oxygen atoms in total. The van der Waals surface area contributed by atoms with Crippen molar-refractivity contribution in [3.8, 4) is 5.75 Å². The highest BCUT2D eigenvalue weighted by atomic mass is 32.2. The molecule has 1 aliphatic carbocycles. The molecule has 6 heteroatoms. The quantitative estimate of drug-likeness (QED) is 0.915. The van der Waals surface area contributed by atoms with Gasteiger partial charge in [-0.2, -0.15) is 4.31 Å². The van der Waals surface area contributed by atoms with Gasteiger partial charge in [0.2, 0.25) is 10.0 Å². The van der Waals surface area contributed by atoms with Gasteiger partial charge in [-0.1, -0.05) is 12.2 Å². The maximum atomic E-state index is 12.9. The second kappa shape index (κ2) is 5.50. The Morgan fingerprint density at radius 1 is 1.25 bits per heavy atom. The molecule has 3 aliphatic rings. The second-order valence-electron chi connectivity index (χ2n) is 6.37. The molecule has 1 fully saturated rings. The van der Waals surface area contributed by atoms with Gasteiger partial charge in [0.15, 0.2) is 0 Å². The largest absolute Gasteiger partial charge is 0.497 e. The summed E-state index contributed by atoms with van der Waals surface area (Å²) in [5.74, 6) is 0.651. The summed E-state index contributed by atoms with van der Waals surface area (Å²) in [7, 11) is -1.93. The molecule has 0 saturated carbocycles. The van der Waals surface area contributed by atoms with Crippen LogP contribution in [0.2, 0.25) is 0 Å². The van der Waals surface area contributed by atoms with Gasteiger partial charge in [0, 0.05) is 30.4 Å². The Kier molecular flexibility index (Phi) is 3.54. The lowest BCUT2D eigenvalue weighted by atomic mass is 9.70. The zero-order valence-electron chi connectivity index (χ0n) is 13.5. The molecule has 0 radical (unpaired) electrons. The predicted octanol–water partition coefficient (Wildman–Crippen LogP) is 2.41. The molecule has 24 heavy (non-hydrogen) atoms. The molecule has 1 aromatic rings. The minimum atomic E-state index is -3.50. The number of hydrogen-bond donors (Lipinski definition) is 1. The van der Waals surface area contributed by atoms with E-state index in [9.17, 15) is 8.42 Å². The van der Waals surface area contributed by atoms with E-state index in [-0.39, 0.29) is 5.41 Å². The molecule has 0 bridgehead atoms. The van der Waals surface area contributed by atoms with Gasteiger partial charge >= 0.3 is 0 Å². The van der Waals surface area contributed by atoms with E-state index in [0.29, 0.717) is 23.7 Å². The number of nitrogens with zero attached hydrogens (tertiary/aromatic N) is 1. The molecular formula is C18H20N2O3S. The summed E-state index contributed by atoms with van der Waals surface area (Å²) in [6.07, 6.45) is 10.0. The van der Waals surface area contributed by atoms with E-state index < -0.39 is 10.0 Å². The SMILES string of the molecule is COc1ccc(S(=O)(=O)N2CC[C@@]34CC=CC=C3NC=C4C2)cc1. The Bertz CT molecular complexity index is 853. The van der Waals surface area contributed by atoms with Crippen LogP contribution < -0.4 is 10.1 Å². The summed E-state index contributed by atoms with van der Waals surface area (Å²) in [6.45, 7) is 0.963. The molecule has 126 valence electrons. The number of methoxy groups -OCH3 is 1. The number of ether oxygens (including phenoxy) is 1. The molecule has 1 N–H and O–H groups in total. The van der Waals surface area contributed by atoms with Crippen LogP contribution in [0.1, 0.15) is 12.8 Å². The van der Waals surface area contributed by atoms with Crippen molar-refractivity contribution in [2.75, 3.05) is 20.2 Å². The molecule has 4 rings (SSSR count). The van der Waals surface area contributed by atoms with Crippen LogP contribution in [0.3, 0.4) is 0 Å². The fraction of sp³-hybridized carbons (Fsp3) is 0.333. The van der Waals surface area contributed by atoms with Crippen LogP contribution in [-0.4, -0.2) is 32.9 Å². The highest BCUT2D eigenvalue weighted by molar-refractivity contribution is 7.89. The Morgan fingerprint density at radius 3 is 2.79 bits per heavy atom. The molecule has 2 aliphatic heterocycles. The average molecular weight is 344 g/mol. The highest BCUT2D eigenvalue weighted by Crippen LogP contribution is 2.49. The zero-order valence-corrected chi connectivity index (χ0v) is 14.3. The lowest BCUT2D eigenvalue weighted by Crippen LogP contribution is -2.44. The predicted molar refractivity (Wildman–Crippen MR) is 91.9 cm³/mol. The van der Waals surface area contributed by atoms with E-state index in [1.54, 1.807) is 35.7 Å². The van der Waals surface area contributed by atoms with Crippen molar-refractivity contribution < 1.29 is 13.2 Å². The van der Waals surface area contributed by atoms with Crippen molar-refractivity contribution in [2.45, 2.75) is 17.7 Å². The first kappa shape index (κ1) is 15.5. The Labute approximate surface area is 142 Å². The third-order valence-corrected chi connectivity index (χ3v) is 7.09. The van der Waals surface area contributed by atoms with Crippen LogP contribution in [0.15, 0.2) is 64.9 Å². The third kappa shape index (κ3) is 2.21. The van der Waals surface area contributed by atoms with Crippen molar-refractivity contribution in [3.63, 3.8) is 0 Å². The third-order valence-electron chi connectivity index (χ3n) is 5.23. The normalized spacial score (nSPS) is 26.0. The van der Waals surface area contributed by atoms with Crippen molar-refractivity contribution in [1.82, 2.24) is 9.62 Å². The minimum Gasteiger partial charge on any atom is -0.497 e. The Balaban J connectivity index is 1.60. The fourth-order valence-corrected chi connectivity index (χ4v) is 5.20. The second-order valence-corrected chi connectivity index (χ2v) is 8.31. The van der Waals surface area contributed by atoms with E-state index in [0.717, 1.165) is 18.4 Å². The fourth-order valence-electron chi connectivity index (χ4n) is 3.78. The first-order valence-corrected chi connectivity index (χ1v) is 9.48. The Hall–Kier alpha value is -2.05. The van der Waals surface area contributed by atoms with Gasteiger partial charge in [-0.3, -0.25) is 0 Å². The maximum absolute atomic E-state index is 12.9. The molecule has 1 aromatic carbocycles. The number of hydrogen-bond acceptors (Lipinski definition) is 4.